The summed E-state index contributed by atoms with van der Waals surface area (Å²) in [7, 11) is 0. The topological polar surface area (TPSA) is 86.2 Å². The molecule has 1 amide bonds. The molecule has 0 unspecified atom stereocenters. The van der Waals surface area contributed by atoms with Gasteiger partial charge in [-0.15, -0.1) is 10.2 Å². The third-order valence-corrected chi connectivity index (χ3v) is 1.91. The summed E-state index contributed by atoms with van der Waals surface area (Å²) in [5.41, 5.74) is 6.66. The average molecular weight is 191 g/mol. The summed E-state index contributed by atoms with van der Waals surface area (Å²) >= 11 is 0. The maximum Gasteiger partial charge on any atom is 0.252 e. The molecule has 2 heterocycles. The quantitative estimate of drug-likeness (QED) is 0.678. The monoisotopic (exact) mass is 191 g/mol. The molecule has 0 spiro atoms. The Bertz CT molecular complexity index is 516. The Kier molecular flexibility index (Phi) is 1.70. The highest BCUT2D eigenvalue weighted by Crippen LogP contribution is 2.09. The number of nitrogens with two attached hydrogens (primary N) is 1. The molecule has 0 radical (unpaired) electrons. The minimum Gasteiger partial charge on any atom is -0.365 e. The maximum atomic E-state index is 11.1. The molecule has 14 heavy (non-hydrogen) atoms. The zero-order valence-electron chi connectivity index (χ0n) is 7.85. The van der Waals surface area contributed by atoms with Crippen molar-refractivity contribution >= 4 is 11.6 Å². The number of rotatable bonds is 1. The van der Waals surface area contributed by atoms with Gasteiger partial charge in [0.05, 0.1) is 11.3 Å². The molecule has 0 fully saturated rings. The third-order valence-electron chi connectivity index (χ3n) is 1.91. The minimum atomic E-state index is -0.520. The number of fused-ring (bicyclic) bond motifs is 1. The van der Waals surface area contributed by atoms with E-state index in [-0.39, 0.29) is 0 Å². The van der Waals surface area contributed by atoms with Crippen molar-refractivity contribution in [3.05, 3.63) is 23.1 Å². The number of hydrogen-bond donors (Lipinski definition) is 1. The first-order valence-corrected chi connectivity index (χ1v) is 4.09. The van der Waals surface area contributed by atoms with E-state index in [2.05, 4.69) is 15.3 Å². The lowest BCUT2D eigenvalue weighted by molar-refractivity contribution is 0.100. The molecule has 6 nitrogen and oxygen atoms in total. The second-order valence-electron chi connectivity index (χ2n) is 3.05. The van der Waals surface area contributed by atoms with Gasteiger partial charge in [0, 0.05) is 0 Å². The second-order valence-corrected chi connectivity index (χ2v) is 3.05. The molecule has 0 saturated heterocycles. The van der Waals surface area contributed by atoms with Gasteiger partial charge in [0.1, 0.15) is 0 Å². The molecule has 0 aromatic carbocycles. The highest BCUT2D eigenvalue weighted by molar-refractivity contribution is 5.98. The lowest BCUT2D eigenvalue weighted by Crippen LogP contribution is -2.14. The van der Waals surface area contributed by atoms with E-state index in [9.17, 15) is 4.79 Å². The summed E-state index contributed by atoms with van der Waals surface area (Å²) in [5, 5.41) is 11.8. The molecule has 0 aliphatic heterocycles. The SMILES string of the molecule is Cc1cc(C(N)=O)c2nnc(C)n2n1. The van der Waals surface area contributed by atoms with Crippen LogP contribution in [0.3, 0.4) is 0 Å². The van der Waals surface area contributed by atoms with E-state index in [4.69, 9.17) is 5.73 Å². The Labute approximate surface area is 79.7 Å². The van der Waals surface area contributed by atoms with Gasteiger partial charge in [-0.25, -0.2) is 0 Å². The molecule has 72 valence electrons. The summed E-state index contributed by atoms with van der Waals surface area (Å²) in [6, 6.07) is 1.60. The Morgan fingerprint density at radius 3 is 2.79 bits per heavy atom. The van der Waals surface area contributed by atoms with Crippen LogP contribution in [0.4, 0.5) is 0 Å². The fourth-order valence-corrected chi connectivity index (χ4v) is 1.29. The minimum absolute atomic E-state index is 0.345. The number of aromatic nitrogens is 4. The predicted molar refractivity (Wildman–Crippen MR) is 48.8 cm³/mol. The summed E-state index contributed by atoms with van der Waals surface area (Å²) in [6.45, 7) is 3.54. The van der Waals surface area contributed by atoms with Gasteiger partial charge < -0.3 is 5.73 Å². The van der Waals surface area contributed by atoms with Crippen LogP contribution in [0.1, 0.15) is 21.9 Å². The van der Waals surface area contributed by atoms with Crippen LogP contribution in [0.5, 0.6) is 0 Å². The highest BCUT2D eigenvalue weighted by atomic mass is 16.1. The van der Waals surface area contributed by atoms with Crippen molar-refractivity contribution in [2.45, 2.75) is 13.8 Å². The number of carbonyl (C=O) groups is 1. The van der Waals surface area contributed by atoms with Crippen molar-refractivity contribution in [2.24, 2.45) is 5.73 Å². The number of aryl methyl sites for hydroxylation is 2. The first kappa shape index (κ1) is 8.61. The zero-order chi connectivity index (χ0) is 10.3. The number of carbonyl (C=O) groups excluding carboxylic acids is 1. The molecule has 2 N–H and O–H groups in total. The molecule has 2 rings (SSSR count). The molecule has 2 aromatic heterocycles. The van der Waals surface area contributed by atoms with E-state index in [1.54, 1.807) is 19.9 Å². The van der Waals surface area contributed by atoms with Crippen LogP contribution < -0.4 is 5.73 Å². The summed E-state index contributed by atoms with van der Waals surface area (Å²) in [5.74, 6) is 0.110. The van der Waals surface area contributed by atoms with E-state index in [1.165, 1.54) is 4.52 Å². The van der Waals surface area contributed by atoms with Crippen molar-refractivity contribution in [1.82, 2.24) is 19.8 Å². The van der Waals surface area contributed by atoms with Crippen LogP contribution in [0.15, 0.2) is 6.07 Å². The maximum absolute atomic E-state index is 11.1. The van der Waals surface area contributed by atoms with Gasteiger partial charge in [0.2, 0.25) is 0 Å². The zero-order valence-corrected chi connectivity index (χ0v) is 7.85. The molecule has 6 heteroatoms. The number of amides is 1. The summed E-state index contributed by atoms with van der Waals surface area (Å²) in [6.07, 6.45) is 0. The Hall–Kier alpha value is -1.98. The average Bonchev–Trinajstić information content (AvgIpc) is 2.47. The Balaban J connectivity index is 2.88. The molecular weight excluding hydrogens is 182 g/mol. The molecule has 0 saturated carbocycles. The smallest absolute Gasteiger partial charge is 0.252 e. The largest absolute Gasteiger partial charge is 0.365 e. The van der Waals surface area contributed by atoms with Gasteiger partial charge in [0.15, 0.2) is 11.5 Å². The van der Waals surface area contributed by atoms with Crippen LogP contribution in [0, 0.1) is 13.8 Å². The van der Waals surface area contributed by atoms with E-state index < -0.39 is 5.91 Å². The van der Waals surface area contributed by atoms with Crippen LogP contribution in [-0.4, -0.2) is 25.7 Å². The van der Waals surface area contributed by atoms with Gasteiger partial charge in [-0.2, -0.15) is 9.61 Å². The standard InChI is InChI=1S/C8H9N5O/c1-4-3-6(7(9)14)8-11-10-5(2)13(8)12-4/h3H,1-2H3,(H2,9,14). The number of primary amides is 1. The highest BCUT2D eigenvalue weighted by Gasteiger charge is 2.12. The van der Waals surface area contributed by atoms with Crippen molar-refractivity contribution in [1.29, 1.82) is 0 Å². The van der Waals surface area contributed by atoms with Gasteiger partial charge >= 0.3 is 0 Å². The van der Waals surface area contributed by atoms with Gasteiger partial charge in [-0.1, -0.05) is 0 Å². The normalized spacial score (nSPS) is 10.7. The van der Waals surface area contributed by atoms with Crippen LogP contribution in [0.25, 0.3) is 5.65 Å². The molecule has 0 aliphatic carbocycles. The first-order chi connectivity index (χ1) is 6.59. The van der Waals surface area contributed by atoms with Crippen LogP contribution in [-0.2, 0) is 0 Å². The Morgan fingerprint density at radius 2 is 2.14 bits per heavy atom. The van der Waals surface area contributed by atoms with E-state index >= 15 is 0 Å². The lowest BCUT2D eigenvalue weighted by atomic mass is 10.2. The fraction of sp³-hybridized carbons (Fsp3) is 0.250. The van der Waals surface area contributed by atoms with Crippen LogP contribution >= 0.6 is 0 Å². The van der Waals surface area contributed by atoms with E-state index in [0.717, 1.165) is 0 Å². The summed E-state index contributed by atoms with van der Waals surface area (Å²) < 4.78 is 1.51. The lowest BCUT2D eigenvalue weighted by Gasteiger charge is -2.00. The summed E-state index contributed by atoms with van der Waals surface area (Å²) in [4.78, 5) is 11.1. The van der Waals surface area contributed by atoms with Crippen molar-refractivity contribution in [3.8, 4) is 0 Å². The molecular formula is C8H9N5O. The predicted octanol–water partition coefficient (Wildman–Crippen LogP) is -0.160. The van der Waals surface area contributed by atoms with Crippen LogP contribution in [0.2, 0.25) is 0 Å². The first-order valence-electron chi connectivity index (χ1n) is 4.09. The Morgan fingerprint density at radius 1 is 1.43 bits per heavy atom. The molecule has 0 atom stereocenters. The molecule has 0 aliphatic rings. The van der Waals surface area contributed by atoms with E-state index in [1.807, 2.05) is 0 Å². The van der Waals surface area contributed by atoms with Gasteiger partial charge in [-0.3, -0.25) is 4.79 Å². The number of nitrogens with zero attached hydrogens (tertiary/aromatic N) is 4. The number of hydrogen-bond acceptors (Lipinski definition) is 4. The second kappa shape index (κ2) is 2.76. The van der Waals surface area contributed by atoms with Gasteiger partial charge in [0.25, 0.3) is 5.91 Å². The van der Waals surface area contributed by atoms with E-state index in [0.29, 0.717) is 22.7 Å². The molecule has 0 bridgehead atoms. The van der Waals surface area contributed by atoms with Crippen molar-refractivity contribution < 1.29 is 4.79 Å². The van der Waals surface area contributed by atoms with Gasteiger partial charge in [-0.05, 0) is 19.9 Å². The van der Waals surface area contributed by atoms with Crippen molar-refractivity contribution in [3.63, 3.8) is 0 Å². The molecule has 2 aromatic rings. The van der Waals surface area contributed by atoms with Crippen molar-refractivity contribution in [2.75, 3.05) is 0 Å². The third kappa shape index (κ3) is 1.12. The fourth-order valence-electron chi connectivity index (χ4n) is 1.29.